The van der Waals surface area contributed by atoms with E-state index < -0.39 is 0 Å². The first kappa shape index (κ1) is 19.2. The Morgan fingerprint density at radius 2 is 2.04 bits per heavy atom. The Morgan fingerprint density at radius 1 is 1.18 bits per heavy atom. The Balaban J connectivity index is 1.67. The number of hydrogen-bond donors (Lipinski definition) is 2. The van der Waals surface area contributed by atoms with Gasteiger partial charge in [0, 0.05) is 57.7 Å². The van der Waals surface area contributed by atoms with Crippen LogP contribution < -0.4 is 10.6 Å². The number of carbonyl (C=O) groups is 1. The van der Waals surface area contributed by atoms with Gasteiger partial charge in [-0.1, -0.05) is 0 Å². The van der Waals surface area contributed by atoms with E-state index in [1.165, 1.54) is 11.3 Å². The highest BCUT2D eigenvalue weighted by Gasteiger charge is 2.15. The molecule has 6 nitrogen and oxygen atoms in total. The van der Waals surface area contributed by atoms with Crippen molar-refractivity contribution >= 4 is 76.5 Å². The number of benzene rings is 1. The first-order valence-electron chi connectivity index (χ1n) is 8.52. The van der Waals surface area contributed by atoms with E-state index in [1.54, 1.807) is 45.5 Å². The van der Waals surface area contributed by atoms with Crippen LogP contribution in [0.25, 0.3) is 20.8 Å². The Labute approximate surface area is 183 Å². The van der Waals surface area contributed by atoms with Crippen molar-refractivity contribution in [2.75, 3.05) is 10.6 Å². The monoisotopic (exact) mass is 521 g/mol. The minimum absolute atomic E-state index is 0.0665. The summed E-state index contributed by atoms with van der Waals surface area (Å²) in [7, 11) is 0. The van der Waals surface area contributed by atoms with Crippen LogP contribution in [0.5, 0.6) is 0 Å². The van der Waals surface area contributed by atoms with Crippen molar-refractivity contribution in [1.82, 2.24) is 15.0 Å². The van der Waals surface area contributed by atoms with Gasteiger partial charge in [-0.2, -0.15) is 0 Å². The molecule has 0 aliphatic carbocycles. The lowest BCUT2D eigenvalue weighted by Gasteiger charge is -2.15. The quantitative estimate of drug-likeness (QED) is 0.241. The van der Waals surface area contributed by atoms with Crippen molar-refractivity contribution < 1.29 is 4.79 Å². The van der Waals surface area contributed by atoms with Gasteiger partial charge in [-0.25, -0.2) is 15.0 Å². The first-order valence-corrected chi connectivity index (χ1v) is 11.4. The molecular weight excluding hydrogens is 505 g/mol. The molecule has 4 rings (SSSR count). The normalized spacial score (nSPS) is 11.1. The van der Waals surface area contributed by atoms with Crippen molar-refractivity contribution in [2.24, 2.45) is 0 Å². The van der Waals surface area contributed by atoms with Gasteiger partial charge in [-0.05, 0) is 32.0 Å². The maximum Gasteiger partial charge on any atom is 0.241 e. The van der Waals surface area contributed by atoms with Gasteiger partial charge >= 0.3 is 0 Å². The molecule has 0 atom stereocenters. The van der Waals surface area contributed by atoms with Crippen LogP contribution in [0.3, 0.4) is 0 Å². The fourth-order valence-electron chi connectivity index (χ4n) is 2.69. The average molecular weight is 521 g/mol. The molecule has 4 aromatic rings. The van der Waals surface area contributed by atoms with E-state index in [1.807, 2.05) is 23.7 Å². The van der Waals surface area contributed by atoms with Gasteiger partial charge in [0.15, 0.2) is 0 Å². The Bertz CT molecular complexity index is 1150. The SMILES string of the molecule is CC(C)Nc1cc(Nc2ccc3ncsc3c2)ncc1-c1nc(C(=O)I)cs1. The van der Waals surface area contributed by atoms with E-state index in [2.05, 4.69) is 45.5 Å². The number of hydrogen-bond acceptors (Lipinski definition) is 8. The van der Waals surface area contributed by atoms with Crippen LogP contribution in [0, 0.1) is 0 Å². The number of carbonyl (C=O) groups excluding carboxylic acids is 1. The molecule has 0 saturated heterocycles. The summed E-state index contributed by atoms with van der Waals surface area (Å²) in [6.45, 7) is 4.16. The summed E-state index contributed by atoms with van der Waals surface area (Å²) < 4.78 is 1.06. The second kappa shape index (κ2) is 8.10. The van der Waals surface area contributed by atoms with Crippen molar-refractivity contribution in [3.05, 3.63) is 47.0 Å². The summed E-state index contributed by atoms with van der Waals surface area (Å²) in [6.07, 6.45) is 1.79. The number of halogens is 1. The molecule has 0 spiro atoms. The second-order valence-electron chi connectivity index (χ2n) is 6.39. The third-order valence-corrected chi connectivity index (χ3v) is 6.11. The number of rotatable bonds is 6. The predicted octanol–water partition coefficient (Wildman–Crippen LogP) is 5.95. The minimum Gasteiger partial charge on any atom is -0.382 e. The summed E-state index contributed by atoms with van der Waals surface area (Å²) in [5.74, 6) is 0.734. The minimum atomic E-state index is -0.0665. The maximum atomic E-state index is 11.6. The van der Waals surface area contributed by atoms with Crippen LogP contribution in [0.1, 0.15) is 24.3 Å². The van der Waals surface area contributed by atoms with Crippen molar-refractivity contribution in [1.29, 1.82) is 0 Å². The molecular formula is C19H16IN5OS2. The molecule has 0 radical (unpaired) electrons. The summed E-state index contributed by atoms with van der Waals surface area (Å²) in [5.41, 5.74) is 6.06. The highest BCUT2D eigenvalue weighted by molar-refractivity contribution is 14.1. The van der Waals surface area contributed by atoms with Crippen molar-refractivity contribution in [3.63, 3.8) is 0 Å². The fraction of sp³-hybridized carbons (Fsp3) is 0.158. The smallest absolute Gasteiger partial charge is 0.241 e. The van der Waals surface area contributed by atoms with Crippen LogP contribution in [0.2, 0.25) is 0 Å². The van der Waals surface area contributed by atoms with Crippen LogP contribution >= 0.6 is 45.3 Å². The first-order chi connectivity index (χ1) is 13.5. The lowest BCUT2D eigenvalue weighted by Crippen LogP contribution is -2.11. The fourth-order valence-corrected chi connectivity index (χ4v) is 4.72. The molecule has 28 heavy (non-hydrogen) atoms. The van der Waals surface area contributed by atoms with E-state index in [-0.39, 0.29) is 9.83 Å². The molecule has 1 aromatic carbocycles. The standard InChI is InChI=1S/C19H16IN5OS2/c1-10(2)23-14-6-17(24-11-3-4-13-16(5-11)28-9-22-13)21-7-12(14)19-25-15(8-27-19)18(20)26/h3-10H,1-2H3,(H2,21,23,24). The van der Waals surface area contributed by atoms with Gasteiger partial charge in [0.05, 0.1) is 21.3 Å². The molecule has 0 saturated carbocycles. The van der Waals surface area contributed by atoms with Gasteiger partial charge in [0.2, 0.25) is 3.79 Å². The Hall–Kier alpha value is -2.11. The topological polar surface area (TPSA) is 79.8 Å². The highest BCUT2D eigenvalue weighted by Crippen LogP contribution is 2.33. The molecule has 0 unspecified atom stereocenters. The van der Waals surface area contributed by atoms with E-state index in [9.17, 15) is 4.79 Å². The van der Waals surface area contributed by atoms with Crippen molar-refractivity contribution in [2.45, 2.75) is 19.9 Å². The maximum absolute atomic E-state index is 11.6. The second-order valence-corrected chi connectivity index (χ2v) is 9.11. The molecule has 3 aromatic heterocycles. The molecule has 0 amide bonds. The average Bonchev–Trinajstić information content (AvgIpc) is 3.30. The Kier molecular flexibility index (Phi) is 5.56. The predicted molar refractivity (Wildman–Crippen MR) is 125 cm³/mol. The van der Waals surface area contributed by atoms with Crippen LogP contribution in [-0.2, 0) is 0 Å². The zero-order valence-electron chi connectivity index (χ0n) is 15.1. The third kappa shape index (κ3) is 4.15. The summed E-state index contributed by atoms with van der Waals surface area (Å²) in [4.78, 5) is 24.9. The lowest BCUT2D eigenvalue weighted by atomic mass is 10.2. The van der Waals surface area contributed by atoms with Gasteiger partial charge in [-0.15, -0.1) is 22.7 Å². The molecule has 142 valence electrons. The molecule has 0 fully saturated rings. The number of nitrogens with zero attached hydrogens (tertiary/aromatic N) is 3. The van der Waals surface area contributed by atoms with E-state index >= 15 is 0 Å². The van der Waals surface area contributed by atoms with Gasteiger partial charge in [0.25, 0.3) is 0 Å². The molecule has 0 aliphatic heterocycles. The zero-order chi connectivity index (χ0) is 19.7. The molecule has 9 heteroatoms. The largest absolute Gasteiger partial charge is 0.382 e. The molecule has 0 bridgehead atoms. The Morgan fingerprint density at radius 3 is 2.79 bits per heavy atom. The van der Waals surface area contributed by atoms with E-state index in [4.69, 9.17) is 0 Å². The number of nitrogens with one attached hydrogen (secondary N) is 2. The zero-order valence-corrected chi connectivity index (χ0v) is 18.9. The number of fused-ring (bicyclic) bond motifs is 1. The number of pyridine rings is 1. The molecule has 0 aliphatic rings. The van der Waals surface area contributed by atoms with Crippen molar-refractivity contribution in [3.8, 4) is 10.6 Å². The summed E-state index contributed by atoms with van der Waals surface area (Å²) in [6, 6.07) is 8.27. The van der Waals surface area contributed by atoms with E-state index in [0.29, 0.717) is 5.69 Å². The third-order valence-electron chi connectivity index (χ3n) is 3.89. The van der Waals surface area contributed by atoms with E-state index in [0.717, 1.165) is 38.0 Å². The highest BCUT2D eigenvalue weighted by atomic mass is 127. The summed E-state index contributed by atoms with van der Waals surface area (Å²) >= 11 is 4.80. The van der Waals surface area contributed by atoms with Crippen LogP contribution in [0.15, 0.2) is 41.4 Å². The van der Waals surface area contributed by atoms with Crippen LogP contribution in [0.4, 0.5) is 17.2 Å². The lowest BCUT2D eigenvalue weighted by molar-refractivity contribution is 0.110. The molecule has 3 heterocycles. The summed E-state index contributed by atoms with van der Waals surface area (Å²) in [5, 5.41) is 9.36. The van der Waals surface area contributed by atoms with Gasteiger partial charge in [-0.3, -0.25) is 4.79 Å². The number of aromatic nitrogens is 3. The number of thiazole rings is 2. The number of anilines is 3. The van der Waals surface area contributed by atoms with Gasteiger partial charge < -0.3 is 10.6 Å². The van der Waals surface area contributed by atoms with Gasteiger partial charge in [0.1, 0.15) is 16.5 Å². The molecule has 2 N–H and O–H groups in total. The van der Waals surface area contributed by atoms with Crippen LogP contribution in [-0.4, -0.2) is 24.8 Å².